The van der Waals surface area contributed by atoms with Crippen molar-refractivity contribution in [2.75, 3.05) is 5.32 Å². The van der Waals surface area contributed by atoms with Crippen LogP contribution in [0.25, 0.3) is 0 Å². The molecule has 1 aromatic carbocycles. The minimum atomic E-state index is -4.34. The average molecular weight is 404 g/mol. The molecule has 0 aliphatic heterocycles. The van der Waals surface area contributed by atoms with Gasteiger partial charge in [-0.15, -0.1) is 0 Å². The minimum absolute atomic E-state index is 0.0527. The first kappa shape index (κ1) is 21.5. The van der Waals surface area contributed by atoms with Crippen LogP contribution in [0.2, 0.25) is 0 Å². The zero-order chi connectivity index (χ0) is 21.1. The van der Waals surface area contributed by atoms with Gasteiger partial charge in [0.25, 0.3) is 5.16 Å². The van der Waals surface area contributed by atoms with E-state index in [2.05, 4.69) is 15.3 Å². The highest BCUT2D eigenvalue weighted by Gasteiger charge is 2.23. The van der Waals surface area contributed by atoms with Crippen LogP contribution in [0.4, 0.5) is 10.5 Å². The average Bonchev–Trinajstić information content (AvgIpc) is 2.61. The van der Waals surface area contributed by atoms with Gasteiger partial charge in [-0.1, -0.05) is 45.9 Å². The van der Waals surface area contributed by atoms with E-state index in [1.807, 2.05) is 50.6 Å². The number of aromatic nitrogens is 2. The first-order valence-corrected chi connectivity index (χ1v) is 10.3. The monoisotopic (exact) mass is 404 g/mol. The highest BCUT2D eigenvalue weighted by atomic mass is 32.2. The maximum atomic E-state index is 12.4. The molecule has 2 rings (SSSR count). The lowest BCUT2D eigenvalue weighted by atomic mass is 9.93. The van der Waals surface area contributed by atoms with Gasteiger partial charge in [-0.25, -0.2) is 19.5 Å². The number of sulfonamides is 1. The predicted molar refractivity (Wildman–Crippen MR) is 106 cm³/mol. The summed E-state index contributed by atoms with van der Waals surface area (Å²) < 4.78 is 26.8. The number of carbonyl (C=O) groups excluding carboxylic acids is 2. The van der Waals surface area contributed by atoms with E-state index in [1.165, 1.54) is 13.0 Å². The lowest BCUT2D eigenvalue weighted by Gasteiger charge is -2.20. The van der Waals surface area contributed by atoms with Crippen molar-refractivity contribution < 1.29 is 18.0 Å². The fourth-order valence-electron chi connectivity index (χ4n) is 2.67. The Balaban J connectivity index is 2.32. The fourth-order valence-corrected chi connectivity index (χ4v) is 3.47. The third-order valence-electron chi connectivity index (χ3n) is 4.07. The summed E-state index contributed by atoms with van der Waals surface area (Å²) in [5.41, 5.74) is 2.32. The van der Waals surface area contributed by atoms with Crippen LogP contribution >= 0.6 is 0 Å². The molecule has 0 bridgehead atoms. The number of carbonyl (C=O) groups is 2. The summed E-state index contributed by atoms with van der Waals surface area (Å²) in [6.07, 6.45) is 1.15. The zero-order valence-electron chi connectivity index (χ0n) is 16.5. The van der Waals surface area contributed by atoms with Crippen molar-refractivity contribution in [1.82, 2.24) is 14.7 Å². The van der Waals surface area contributed by atoms with Crippen LogP contribution in [0.3, 0.4) is 0 Å². The number of amides is 2. The van der Waals surface area contributed by atoms with E-state index in [0.717, 1.165) is 17.3 Å². The Hall–Kier alpha value is -2.81. The Kier molecular flexibility index (Phi) is 6.50. The van der Waals surface area contributed by atoms with Crippen LogP contribution in [-0.2, 0) is 10.0 Å². The Morgan fingerprint density at radius 1 is 1.00 bits per heavy atom. The smallest absolute Gasteiger partial charge is 0.307 e. The highest BCUT2D eigenvalue weighted by Crippen LogP contribution is 2.32. The van der Waals surface area contributed by atoms with Crippen LogP contribution in [0.5, 0.6) is 0 Å². The van der Waals surface area contributed by atoms with Gasteiger partial charge in [0.2, 0.25) is 0 Å². The molecule has 0 unspecified atom stereocenters. The second-order valence-corrected chi connectivity index (χ2v) is 8.54. The van der Waals surface area contributed by atoms with Crippen LogP contribution in [0, 0.1) is 0 Å². The summed E-state index contributed by atoms with van der Waals surface area (Å²) in [7, 11) is -4.34. The quantitative estimate of drug-likeness (QED) is 0.562. The molecule has 28 heavy (non-hydrogen) atoms. The summed E-state index contributed by atoms with van der Waals surface area (Å²) in [5.74, 6) is -0.155. The molecule has 0 aliphatic rings. The van der Waals surface area contributed by atoms with E-state index in [1.54, 1.807) is 0 Å². The summed E-state index contributed by atoms with van der Waals surface area (Å²) in [6.45, 7) is 9.20. The van der Waals surface area contributed by atoms with Crippen molar-refractivity contribution in [2.45, 2.75) is 51.6 Å². The summed E-state index contributed by atoms with van der Waals surface area (Å²) >= 11 is 0. The Bertz CT molecular complexity index is 974. The van der Waals surface area contributed by atoms with E-state index >= 15 is 0 Å². The van der Waals surface area contributed by atoms with E-state index < -0.39 is 27.0 Å². The van der Waals surface area contributed by atoms with E-state index in [9.17, 15) is 18.0 Å². The molecule has 0 aliphatic carbocycles. The lowest BCUT2D eigenvalue weighted by Crippen LogP contribution is -2.36. The van der Waals surface area contributed by atoms with Gasteiger partial charge >= 0.3 is 16.1 Å². The first-order chi connectivity index (χ1) is 13.0. The Morgan fingerprint density at radius 3 is 2.07 bits per heavy atom. The molecule has 1 heterocycles. The molecule has 2 N–H and O–H groups in total. The molecule has 1 aromatic heterocycles. The number of nitrogens with zero attached hydrogens (tertiary/aromatic N) is 2. The molecule has 0 saturated carbocycles. The largest absolute Gasteiger partial charge is 0.333 e. The van der Waals surface area contributed by atoms with E-state index in [0.29, 0.717) is 5.69 Å². The molecule has 0 fully saturated rings. The Labute approximate surface area is 164 Å². The number of urea groups is 1. The molecule has 0 saturated heterocycles. The van der Waals surface area contributed by atoms with Crippen LogP contribution in [-0.4, -0.2) is 30.2 Å². The molecule has 0 radical (unpaired) electrons. The predicted octanol–water partition coefficient (Wildman–Crippen LogP) is 3.44. The second-order valence-electron chi connectivity index (χ2n) is 6.96. The van der Waals surface area contributed by atoms with Gasteiger partial charge in [-0.2, -0.15) is 8.42 Å². The normalized spacial score (nSPS) is 11.5. The third-order valence-corrected chi connectivity index (χ3v) is 5.20. The lowest BCUT2D eigenvalue weighted by molar-refractivity contribution is 0.101. The third kappa shape index (κ3) is 4.92. The van der Waals surface area contributed by atoms with Crippen molar-refractivity contribution in [3.63, 3.8) is 0 Å². The van der Waals surface area contributed by atoms with Crippen molar-refractivity contribution in [2.24, 2.45) is 0 Å². The second kappa shape index (κ2) is 8.47. The number of hydrogen-bond donors (Lipinski definition) is 2. The number of anilines is 1. The maximum Gasteiger partial charge on any atom is 0.333 e. The SMILES string of the molecule is CC(=O)c1ccnc(S(=O)(=O)NC(=O)Nc2c(C(C)C)cccc2C(C)C)n1. The molecule has 2 aromatic rings. The number of ketones is 1. The molecule has 0 spiro atoms. The zero-order valence-corrected chi connectivity index (χ0v) is 17.3. The summed E-state index contributed by atoms with van der Waals surface area (Å²) in [5, 5.41) is 2.01. The van der Waals surface area contributed by atoms with Gasteiger partial charge in [0.15, 0.2) is 5.78 Å². The van der Waals surface area contributed by atoms with E-state index in [4.69, 9.17) is 0 Å². The van der Waals surface area contributed by atoms with E-state index in [-0.39, 0.29) is 17.5 Å². The number of para-hydroxylation sites is 1. The number of rotatable bonds is 6. The molecule has 2 amide bonds. The van der Waals surface area contributed by atoms with Gasteiger partial charge in [0.1, 0.15) is 5.69 Å². The van der Waals surface area contributed by atoms with Crippen molar-refractivity contribution in [1.29, 1.82) is 0 Å². The molecule has 9 heteroatoms. The molecule has 150 valence electrons. The number of hydrogen-bond acceptors (Lipinski definition) is 6. The van der Waals surface area contributed by atoms with Gasteiger partial charge in [0, 0.05) is 18.8 Å². The molecular weight excluding hydrogens is 380 g/mol. The van der Waals surface area contributed by atoms with Crippen LogP contribution in [0.1, 0.15) is 68.1 Å². The minimum Gasteiger partial charge on any atom is -0.307 e. The standard InChI is InChI=1S/C19H24N4O4S/c1-11(2)14-7-6-8-15(12(3)4)17(14)22-18(25)23-28(26,27)19-20-10-9-16(21-19)13(5)24/h6-12H,1-5H3,(H2,22,23,25). The van der Waals surface area contributed by atoms with Gasteiger partial charge < -0.3 is 5.32 Å². The van der Waals surface area contributed by atoms with Crippen molar-refractivity contribution >= 4 is 27.5 Å². The van der Waals surface area contributed by atoms with Crippen molar-refractivity contribution in [3.05, 3.63) is 47.3 Å². The number of Topliss-reactive ketones (excluding diaryl/α,β-unsaturated/α-hetero) is 1. The summed E-state index contributed by atoms with van der Waals surface area (Å²) in [4.78, 5) is 31.2. The van der Waals surface area contributed by atoms with Crippen molar-refractivity contribution in [3.8, 4) is 0 Å². The highest BCUT2D eigenvalue weighted by molar-refractivity contribution is 7.89. The molecular formula is C19H24N4O4S. The van der Waals surface area contributed by atoms with Gasteiger partial charge in [0.05, 0.1) is 0 Å². The maximum absolute atomic E-state index is 12.4. The molecule has 8 nitrogen and oxygen atoms in total. The first-order valence-electron chi connectivity index (χ1n) is 8.83. The summed E-state index contributed by atoms with van der Waals surface area (Å²) in [6, 6.07) is 6.06. The Morgan fingerprint density at radius 2 is 1.57 bits per heavy atom. The molecule has 0 atom stereocenters. The van der Waals surface area contributed by atoms with Crippen LogP contribution < -0.4 is 10.0 Å². The number of benzene rings is 1. The fraction of sp³-hybridized carbons (Fsp3) is 0.368. The number of nitrogens with one attached hydrogen (secondary N) is 2. The van der Waals surface area contributed by atoms with Gasteiger partial charge in [-0.05, 0) is 29.0 Å². The topological polar surface area (TPSA) is 118 Å². The van der Waals surface area contributed by atoms with Crippen LogP contribution in [0.15, 0.2) is 35.6 Å². The van der Waals surface area contributed by atoms with Gasteiger partial charge in [-0.3, -0.25) is 4.79 Å².